The van der Waals surface area contributed by atoms with Gasteiger partial charge in [-0.15, -0.1) is 0 Å². The van der Waals surface area contributed by atoms with Crippen LogP contribution in [-0.2, 0) is 6.61 Å². The Morgan fingerprint density at radius 1 is 0.844 bits per heavy atom. The van der Waals surface area contributed by atoms with Crippen molar-refractivity contribution in [3.8, 4) is 5.75 Å². The number of rotatable bonds is 5. The van der Waals surface area contributed by atoms with Crippen molar-refractivity contribution in [1.29, 1.82) is 0 Å². The Bertz CT molecular complexity index is 1080. The number of pyridine rings is 1. The first-order chi connectivity index (χ1) is 15.5. The van der Waals surface area contributed by atoms with Gasteiger partial charge in [-0.2, -0.15) is 0 Å². The number of carbonyl (C=O) groups is 2. The van der Waals surface area contributed by atoms with Crippen LogP contribution in [0.15, 0.2) is 67.0 Å². The van der Waals surface area contributed by atoms with E-state index in [1.165, 1.54) is 0 Å². The third-order valence-corrected chi connectivity index (χ3v) is 5.63. The summed E-state index contributed by atoms with van der Waals surface area (Å²) >= 11 is 12.0. The second kappa shape index (κ2) is 10.0. The Balaban J connectivity index is 1.31. The Hall–Kier alpha value is -3.09. The Kier molecular flexibility index (Phi) is 6.93. The molecule has 8 heteroatoms. The normalized spacial score (nSPS) is 13.7. The molecule has 6 nitrogen and oxygen atoms in total. The Morgan fingerprint density at radius 2 is 1.44 bits per heavy atom. The van der Waals surface area contributed by atoms with E-state index in [0.29, 0.717) is 59.7 Å². The molecule has 0 bridgehead atoms. The van der Waals surface area contributed by atoms with E-state index < -0.39 is 0 Å². The zero-order chi connectivity index (χ0) is 22.5. The zero-order valence-corrected chi connectivity index (χ0v) is 18.7. The molecule has 32 heavy (non-hydrogen) atoms. The van der Waals surface area contributed by atoms with Crippen LogP contribution in [0.2, 0.25) is 10.0 Å². The van der Waals surface area contributed by atoms with E-state index in [2.05, 4.69) is 4.98 Å². The number of hydrogen-bond donors (Lipinski definition) is 0. The molecule has 1 aliphatic heterocycles. The third kappa shape index (κ3) is 5.39. The molecule has 0 unspecified atom stereocenters. The number of ether oxygens (including phenoxy) is 1. The molecular formula is C24H21Cl2N3O3. The number of nitrogens with zero attached hydrogens (tertiary/aromatic N) is 3. The second-order valence-corrected chi connectivity index (χ2v) is 8.29. The predicted octanol–water partition coefficient (Wildman–Crippen LogP) is 4.57. The molecule has 0 radical (unpaired) electrons. The molecule has 0 N–H and O–H groups in total. The fourth-order valence-electron chi connectivity index (χ4n) is 3.50. The van der Waals surface area contributed by atoms with Gasteiger partial charge in [0.25, 0.3) is 11.8 Å². The van der Waals surface area contributed by atoms with Crippen LogP contribution in [0, 0.1) is 0 Å². The van der Waals surface area contributed by atoms with E-state index in [-0.39, 0.29) is 11.8 Å². The Morgan fingerprint density at radius 3 is 2.00 bits per heavy atom. The SMILES string of the molecule is O=C(c1ccc(OCc2cccnc2)cc1)N1CCN(C(=O)c2cc(Cl)cc(Cl)c2)CC1. The van der Waals surface area contributed by atoms with E-state index in [1.807, 2.05) is 12.1 Å². The van der Waals surface area contributed by atoms with E-state index in [4.69, 9.17) is 27.9 Å². The maximum Gasteiger partial charge on any atom is 0.254 e. The molecule has 4 rings (SSSR count). The molecular weight excluding hydrogens is 449 g/mol. The van der Waals surface area contributed by atoms with Crippen LogP contribution in [0.25, 0.3) is 0 Å². The molecule has 2 amide bonds. The number of aromatic nitrogens is 1. The molecule has 0 atom stereocenters. The third-order valence-electron chi connectivity index (χ3n) is 5.19. The van der Waals surface area contributed by atoms with Crippen molar-refractivity contribution < 1.29 is 14.3 Å². The van der Waals surface area contributed by atoms with Gasteiger partial charge in [0.15, 0.2) is 0 Å². The molecule has 1 saturated heterocycles. The van der Waals surface area contributed by atoms with Crippen molar-refractivity contribution in [3.05, 3.63) is 93.7 Å². The molecule has 2 heterocycles. The van der Waals surface area contributed by atoms with Crippen LogP contribution in [0.1, 0.15) is 26.3 Å². The predicted molar refractivity (Wildman–Crippen MR) is 123 cm³/mol. The number of benzene rings is 2. The van der Waals surface area contributed by atoms with Crippen molar-refractivity contribution >= 4 is 35.0 Å². The van der Waals surface area contributed by atoms with Gasteiger partial charge in [0.05, 0.1) is 0 Å². The number of carbonyl (C=O) groups excluding carboxylic acids is 2. The summed E-state index contributed by atoms with van der Waals surface area (Å²) in [6.45, 7) is 2.22. The number of piperazine rings is 1. The van der Waals surface area contributed by atoms with Gasteiger partial charge in [0.1, 0.15) is 12.4 Å². The van der Waals surface area contributed by atoms with Crippen molar-refractivity contribution in [1.82, 2.24) is 14.8 Å². The van der Waals surface area contributed by atoms with Crippen LogP contribution < -0.4 is 4.74 Å². The quantitative estimate of drug-likeness (QED) is 0.549. The molecule has 1 aliphatic rings. The van der Waals surface area contributed by atoms with Gasteiger partial charge in [0, 0.05) is 65.3 Å². The largest absolute Gasteiger partial charge is 0.489 e. The highest BCUT2D eigenvalue weighted by atomic mass is 35.5. The summed E-state index contributed by atoms with van der Waals surface area (Å²) in [5.74, 6) is 0.472. The summed E-state index contributed by atoms with van der Waals surface area (Å²) in [7, 11) is 0. The van der Waals surface area contributed by atoms with E-state index in [1.54, 1.807) is 64.7 Å². The molecule has 0 saturated carbocycles. The van der Waals surface area contributed by atoms with Crippen LogP contribution in [0.4, 0.5) is 0 Å². The summed E-state index contributed by atoms with van der Waals surface area (Å²) in [6.07, 6.45) is 3.47. The fraction of sp³-hybridized carbons (Fsp3) is 0.208. The number of hydrogen-bond acceptors (Lipinski definition) is 4. The molecule has 0 aliphatic carbocycles. The van der Waals surface area contributed by atoms with E-state index in [9.17, 15) is 9.59 Å². The van der Waals surface area contributed by atoms with Gasteiger partial charge in [-0.05, 0) is 48.5 Å². The highest BCUT2D eigenvalue weighted by Crippen LogP contribution is 2.21. The molecule has 164 valence electrons. The Labute approximate surface area is 196 Å². The first-order valence-electron chi connectivity index (χ1n) is 10.2. The van der Waals surface area contributed by atoms with Gasteiger partial charge < -0.3 is 14.5 Å². The van der Waals surface area contributed by atoms with Gasteiger partial charge >= 0.3 is 0 Å². The molecule has 3 aromatic rings. The monoisotopic (exact) mass is 469 g/mol. The summed E-state index contributed by atoms with van der Waals surface area (Å²) in [5.41, 5.74) is 2.00. The summed E-state index contributed by atoms with van der Waals surface area (Å²) in [5, 5.41) is 0.838. The maximum absolute atomic E-state index is 12.9. The van der Waals surface area contributed by atoms with Crippen LogP contribution in [0.5, 0.6) is 5.75 Å². The lowest BCUT2D eigenvalue weighted by Gasteiger charge is -2.35. The van der Waals surface area contributed by atoms with Crippen LogP contribution >= 0.6 is 23.2 Å². The van der Waals surface area contributed by atoms with Gasteiger partial charge in [-0.3, -0.25) is 14.6 Å². The summed E-state index contributed by atoms with van der Waals surface area (Å²) in [4.78, 5) is 33.1. The van der Waals surface area contributed by atoms with Crippen LogP contribution in [-0.4, -0.2) is 52.8 Å². The second-order valence-electron chi connectivity index (χ2n) is 7.42. The van der Waals surface area contributed by atoms with Crippen molar-refractivity contribution in [3.63, 3.8) is 0 Å². The first-order valence-corrected chi connectivity index (χ1v) is 10.9. The lowest BCUT2D eigenvalue weighted by atomic mass is 10.1. The number of halogens is 2. The van der Waals surface area contributed by atoms with Gasteiger partial charge in [-0.1, -0.05) is 29.3 Å². The van der Waals surface area contributed by atoms with Crippen LogP contribution in [0.3, 0.4) is 0 Å². The standard InChI is InChI=1S/C24H21Cl2N3O3/c25-20-12-19(13-21(26)14-20)24(31)29-10-8-28(9-11-29)23(30)18-3-5-22(6-4-18)32-16-17-2-1-7-27-15-17/h1-7,12-15H,8-11,16H2. The van der Waals surface area contributed by atoms with Crippen molar-refractivity contribution in [2.24, 2.45) is 0 Å². The minimum atomic E-state index is -0.142. The average molecular weight is 470 g/mol. The fourth-order valence-corrected chi connectivity index (χ4v) is 4.03. The van der Waals surface area contributed by atoms with E-state index in [0.717, 1.165) is 5.56 Å². The van der Waals surface area contributed by atoms with Gasteiger partial charge in [0.2, 0.25) is 0 Å². The average Bonchev–Trinajstić information content (AvgIpc) is 2.82. The molecule has 1 aromatic heterocycles. The molecule has 2 aromatic carbocycles. The summed E-state index contributed by atoms with van der Waals surface area (Å²) in [6, 6.07) is 15.7. The van der Waals surface area contributed by atoms with E-state index >= 15 is 0 Å². The van der Waals surface area contributed by atoms with Crippen molar-refractivity contribution in [2.75, 3.05) is 26.2 Å². The lowest BCUT2D eigenvalue weighted by Crippen LogP contribution is -2.50. The highest BCUT2D eigenvalue weighted by Gasteiger charge is 2.26. The zero-order valence-electron chi connectivity index (χ0n) is 17.2. The number of amides is 2. The molecule has 0 spiro atoms. The summed E-state index contributed by atoms with van der Waals surface area (Å²) < 4.78 is 5.74. The van der Waals surface area contributed by atoms with Gasteiger partial charge in [-0.25, -0.2) is 0 Å². The minimum Gasteiger partial charge on any atom is -0.489 e. The lowest BCUT2D eigenvalue weighted by molar-refractivity contribution is 0.0535. The molecule has 1 fully saturated rings. The topological polar surface area (TPSA) is 62.7 Å². The highest BCUT2D eigenvalue weighted by molar-refractivity contribution is 6.35. The smallest absolute Gasteiger partial charge is 0.254 e. The maximum atomic E-state index is 12.9. The minimum absolute atomic E-state index is 0.0679. The van der Waals surface area contributed by atoms with Crippen molar-refractivity contribution in [2.45, 2.75) is 6.61 Å². The first kappa shape index (κ1) is 22.1.